The summed E-state index contributed by atoms with van der Waals surface area (Å²) < 4.78 is 78.6. The summed E-state index contributed by atoms with van der Waals surface area (Å²) in [6.45, 7) is 4.83. The lowest BCUT2D eigenvalue weighted by atomic mass is 10.2. The minimum absolute atomic E-state index is 0.0179. The summed E-state index contributed by atoms with van der Waals surface area (Å²) in [5.74, 6) is -2.76. The highest BCUT2D eigenvalue weighted by Crippen LogP contribution is 2.28. The van der Waals surface area contributed by atoms with Crippen molar-refractivity contribution in [3.8, 4) is 5.75 Å². The molecule has 0 saturated carbocycles. The van der Waals surface area contributed by atoms with E-state index in [1.165, 1.54) is 0 Å². The number of amides is 1. The van der Waals surface area contributed by atoms with Crippen molar-refractivity contribution in [2.45, 2.75) is 51.1 Å². The molecule has 154 valence electrons. The van der Waals surface area contributed by atoms with Gasteiger partial charge < -0.3 is 10.1 Å². The molecule has 27 heavy (non-hydrogen) atoms. The quantitative estimate of drug-likeness (QED) is 0.503. The first kappa shape index (κ1) is 23.2. The molecule has 6 nitrogen and oxygen atoms in total. The van der Waals surface area contributed by atoms with E-state index in [9.17, 15) is 30.8 Å². The largest absolute Gasteiger partial charge is 0.573 e. The van der Waals surface area contributed by atoms with Gasteiger partial charge in [-0.15, -0.1) is 13.2 Å². The van der Waals surface area contributed by atoms with E-state index in [1.54, 1.807) is 20.8 Å². The number of alkyl halides is 3. The van der Waals surface area contributed by atoms with Gasteiger partial charge in [-0.05, 0) is 45.7 Å². The van der Waals surface area contributed by atoms with Crippen LogP contribution in [-0.4, -0.2) is 32.0 Å². The molecule has 0 aliphatic heterocycles. The first-order chi connectivity index (χ1) is 12.2. The number of halogens is 4. The fraction of sp³-hybridized carbons (Fsp3) is 0.562. The second-order valence-corrected chi connectivity index (χ2v) is 9.23. The average Bonchev–Trinajstić information content (AvgIpc) is 2.47. The minimum atomic E-state index is -5.05. The molecule has 2 N–H and O–H groups in total. The second-order valence-electron chi connectivity index (χ2n) is 6.71. The number of carbonyl (C=O) groups excluding carboxylic acids is 1. The molecule has 0 aliphatic carbocycles. The zero-order valence-corrected chi connectivity index (χ0v) is 15.9. The van der Waals surface area contributed by atoms with Crippen molar-refractivity contribution >= 4 is 21.6 Å². The topological polar surface area (TPSA) is 84.5 Å². The Labute approximate surface area is 155 Å². The minimum Gasteiger partial charge on any atom is -0.403 e. The molecule has 0 heterocycles. The Morgan fingerprint density at radius 3 is 2.33 bits per heavy atom. The van der Waals surface area contributed by atoms with Gasteiger partial charge in [0.15, 0.2) is 11.6 Å². The Balaban J connectivity index is 2.46. The van der Waals surface area contributed by atoms with Gasteiger partial charge in [0.2, 0.25) is 15.9 Å². The number of rotatable bonds is 8. The third-order valence-electron chi connectivity index (χ3n) is 3.37. The first-order valence-electron chi connectivity index (χ1n) is 8.06. The highest BCUT2D eigenvalue weighted by Gasteiger charge is 2.32. The number of benzene rings is 1. The highest BCUT2D eigenvalue weighted by atomic mass is 32.2. The van der Waals surface area contributed by atoms with Gasteiger partial charge in [-0.2, -0.15) is 0 Å². The van der Waals surface area contributed by atoms with Crippen LogP contribution in [0.25, 0.3) is 0 Å². The number of unbranched alkanes of at least 4 members (excludes halogenated alkanes) is 1. The van der Waals surface area contributed by atoms with Gasteiger partial charge in [0, 0.05) is 24.7 Å². The zero-order chi connectivity index (χ0) is 20.9. The number of ether oxygens (including phenoxy) is 1. The van der Waals surface area contributed by atoms with Crippen molar-refractivity contribution in [1.82, 2.24) is 4.72 Å². The number of hydrogen-bond acceptors (Lipinski definition) is 4. The van der Waals surface area contributed by atoms with Crippen LogP contribution in [0.1, 0.15) is 40.0 Å². The van der Waals surface area contributed by atoms with Crippen molar-refractivity contribution in [1.29, 1.82) is 0 Å². The molecular formula is C16H22F4N2O4S. The summed E-state index contributed by atoms with van der Waals surface area (Å²) in [7, 11) is -3.46. The SMILES string of the molecule is CC(C)(C)S(=O)(=O)NCCCCC(=O)Nc1ccc(F)c(OC(F)(F)F)c1. The number of anilines is 1. The van der Waals surface area contributed by atoms with Crippen molar-refractivity contribution < 1.29 is 35.5 Å². The summed E-state index contributed by atoms with van der Waals surface area (Å²) in [6.07, 6.45) is -4.28. The smallest absolute Gasteiger partial charge is 0.403 e. The van der Waals surface area contributed by atoms with Crippen molar-refractivity contribution in [3.63, 3.8) is 0 Å². The molecule has 1 rings (SSSR count). The van der Waals surface area contributed by atoms with Crippen LogP contribution >= 0.6 is 0 Å². The van der Waals surface area contributed by atoms with E-state index < -0.39 is 38.6 Å². The van der Waals surface area contributed by atoms with E-state index in [2.05, 4.69) is 14.8 Å². The molecular weight excluding hydrogens is 392 g/mol. The van der Waals surface area contributed by atoms with Crippen LogP contribution < -0.4 is 14.8 Å². The molecule has 0 spiro atoms. The van der Waals surface area contributed by atoms with Gasteiger partial charge in [-0.25, -0.2) is 17.5 Å². The van der Waals surface area contributed by atoms with Gasteiger partial charge >= 0.3 is 6.36 Å². The summed E-state index contributed by atoms with van der Waals surface area (Å²) in [6, 6.07) is 2.59. The Morgan fingerprint density at radius 1 is 1.15 bits per heavy atom. The molecule has 0 bridgehead atoms. The van der Waals surface area contributed by atoms with Crippen molar-refractivity contribution in [2.24, 2.45) is 0 Å². The fourth-order valence-electron chi connectivity index (χ4n) is 1.84. The molecule has 0 aromatic heterocycles. The summed E-state index contributed by atoms with van der Waals surface area (Å²) in [4.78, 5) is 11.8. The molecule has 0 saturated heterocycles. The summed E-state index contributed by atoms with van der Waals surface area (Å²) >= 11 is 0. The molecule has 1 amide bonds. The zero-order valence-electron chi connectivity index (χ0n) is 15.1. The predicted octanol–water partition coefficient (Wildman–Crippen LogP) is 3.55. The third kappa shape index (κ3) is 8.12. The number of nitrogens with one attached hydrogen (secondary N) is 2. The lowest BCUT2D eigenvalue weighted by Gasteiger charge is -2.19. The molecule has 0 radical (unpaired) electrons. The normalized spacial score (nSPS) is 12.7. The lowest BCUT2D eigenvalue weighted by molar-refractivity contribution is -0.275. The maximum Gasteiger partial charge on any atom is 0.573 e. The molecule has 1 aromatic carbocycles. The monoisotopic (exact) mass is 414 g/mol. The van der Waals surface area contributed by atoms with Gasteiger partial charge in [0.1, 0.15) is 0 Å². The summed E-state index contributed by atoms with van der Waals surface area (Å²) in [5, 5.41) is 2.34. The number of hydrogen-bond donors (Lipinski definition) is 2. The van der Waals surface area contributed by atoms with Gasteiger partial charge in [0.25, 0.3) is 0 Å². The molecule has 0 aliphatic rings. The fourth-order valence-corrected chi connectivity index (χ4v) is 2.69. The van der Waals surface area contributed by atoms with E-state index in [0.29, 0.717) is 12.8 Å². The van der Waals surface area contributed by atoms with E-state index in [0.717, 1.165) is 18.2 Å². The van der Waals surface area contributed by atoms with Crippen LogP contribution in [0, 0.1) is 5.82 Å². The average molecular weight is 414 g/mol. The standard InChI is InChI=1S/C16H22F4N2O4S/c1-15(2,3)27(24,25)21-9-5-4-6-14(23)22-11-7-8-12(17)13(10-11)26-16(18,19)20/h7-8,10,21H,4-6,9H2,1-3H3,(H,22,23). The maximum atomic E-state index is 13.3. The molecule has 0 fully saturated rings. The highest BCUT2D eigenvalue weighted by molar-refractivity contribution is 7.90. The van der Waals surface area contributed by atoms with E-state index in [4.69, 9.17) is 0 Å². The van der Waals surface area contributed by atoms with Crippen LogP contribution in [0.3, 0.4) is 0 Å². The predicted molar refractivity (Wildman–Crippen MR) is 92.2 cm³/mol. The van der Waals surface area contributed by atoms with Crippen LogP contribution in [0.4, 0.5) is 23.2 Å². The van der Waals surface area contributed by atoms with Gasteiger partial charge in [0.05, 0.1) is 4.75 Å². The Kier molecular flexibility index (Phi) is 7.61. The molecule has 1 aromatic rings. The third-order valence-corrected chi connectivity index (χ3v) is 5.57. The Morgan fingerprint density at radius 2 is 1.78 bits per heavy atom. The van der Waals surface area contributed by atoms with Gasteiger partial charge in [-0.3, -0.25) is 4.79 Å². The van der Waals surface area contributed by atoms with Crippen molar-refractivity contribution in [3.05, 3.63) is 24.0 Å². The lowest BCUT2D eigenvalue weighted by Crippen LogP contribution is -2.39. The Bertz CT molecular complexity index is 759. The van der Waals surface area contributed by atoms with E-state index in [-0.39, 0.29) is 18.7 Å². The van der Waals surface area contributed by atoms with Crippen LogP contribution in [0.2, 0.25) is 0 Å². The molecule has 0 unspecified atom stereocenters. The summed E-state index contributed by atoms with van der Waals surface area (Å²) in [5.41, 5.74) is -0.0471. The van der Waals surface area contributed by atoms with Crippen molar-refractivity contribution in [2.75, 3.05) is 11.9 Å². The van der Waals surface area contributed by atoms with Crippen LogP contribution in [0.5, 0.6) is 5.75 Å². The molecule has 11 heteroatoms. The van der Waals surface area contributed by atoms with Gasteiger partial charge in [-0.1, -0.05) is 0 Å². The van der Waals surface area contributed by atoms with E-state index >= 15 is 0 Å². The number of sulfonamides is 1. The maximum absolute atomic E-state index is 13.3. The number of carbonyl (C=O) groups is 1. The van der Waals surface area contributed by atoms with Crippen LogP contribution in [0.15, 0.2) is 18.2 Å². The van der Waals surface area contributed by atoms with E-state index in [1.807, 2.05) is 0 Å². The second kappa shape index (κ2) is 8.87. The first-order valence-corrected chi connectivity index (χ1v) is 9.54. The Hall–Kier alpha value is -1.88. The van der Waals surface area contributed by atoms with Crippen LogP contribution in [-0.2, 0) is 14.8 Å². The molecule has 0 atom stereocenters.